The number of hydrogen-bond acceptors (Lipinski definition) is 9. The standard InChI is InChI=1S/C15H16B2N7O5S/c1-17(28)19-14-18-5-11(30-14)13(26)23(16-8-25)12-2-3-22(20-12)9-4-10-7-21(6-9)15(27)24(10)29/h2-5,8,10,28-29H,6-7H2,1H3,(H,18,19). The molecule has 30 heavy (non-hydrogen) atoms. The molecule has 4 heterocycles. The first kappa shape index (κ1) is 20.1. The van der Waals surface area contributed by atoms with E-state index in [2.05, 4.69) is 15.3 Å². The van der Waals surface area contributed by atoms with E-state index in [-0.39, 0.29) is 17.2 Å². The molecule has 2 aliphatic rings. The molecule has 153 valence electrons. The molecular formula is C15H16B2N7O5S. The lowest BCUT2D eigenvalue weighted by molar-refractivity contribution is -0.0450. The van der Waals surface area contributed by atoms with Crippen molar-refractivity contribution in [2.45, 2.75) is 12.9 Å². The van der Waals surface area contributed by atoms with Crippen LogP contribution in [0, 0.1) is 0 Å². The molecule has 0 saturated carbocycles. The Morgan fingerprint density at radius 1 is 1.53 bits per heavy atom. The van der Waals surface area contributed by atoms with Gasteiger partial charge in [-0.1, -0.05) is 11.3 Å². The Morgan fingerprint density at radius 3 is 3.03 bits per heavy atom. The van der Waals surface area contributed by atoms with Gasteiger partial charge in [0.25, 0.3) is 5.91 Å². The van der Waals surface area contributed by atoms with Crippen LogP contribution in [0.15, 0.2) is 24.5 Å². The molecule has 2 aliphatic heterocycles. The first-order valence-electron chi connectivity index (χ1n) is 8.93. The summed E-state index contributed by atoms with van der Waals surface area (Å²) in [7, 11) is 0.224. The number of urea groups is 1. The summed E-state index contributed by atoms with van der Waals surface area (Å²) in [4.78, 5) is 42.7. The number of nitrogens with zero attached hydrogens (tertiary/aromatic N) is 6. The Labute approximate surface area is 175 Å². The smallest absolute Gasteiger partial charge is 0.408 e. The average Bonchev–Trinajstić information content (AvgIpc) is 3.43. The van der Waals surface area contributed by atoms with E-state index >= 15 is 0 Å². The maximum Gasteiger partial charge on any atom is 0.408 e. The number of thiazole rings is 1. The van der Waals surface area contributed by atoms with Crippen LogP contribution < -0.4 is 10.0 Å². The molecular weight excluding hydrogens is 412 g/mol. The summed E-state index contributed by atoms with van der Waals surface area (Å²) in [5.74, 6) is -0.312. The van der Waals surface area contributed by atoms with Gasteiger partial charge in [-0.25, -0.2) is 14.5 Å². The van der Waals surface area contributed by atoms with Crippen LogP contribution in [0.3, 0.4) is 0 Å². The van der Waals surface area contributed by atoms with Gasteiger partial charge in [0.1, 0.15) is 16.9 Å². The molecule has 3 N–H and O–H groups in total. The van der Waals surface area contributed by atoms with Gasteiger partial charge < -0.3 is 24.8 Å². The predicted molar refractivity (Wildman–Crippen MR) is 110 cm³/mol. The van der Waals surface area contributed by atoms with Gasteiger partial charge >= 0.3 is 20.5 Å². The zero-order valence-electron chi connectivity index (χ0n) is 15.7. The quantitative estimate of drug-likeness (QED) is 0.309. The molecule has 1 unspecified atom stereocenters. The highest BCUT2D eigenvalue weighted by atomic mass is 32.1. The Balaban J connectivity index is 1.56. The molecule has 1 fully saturated rings. The highest BCUT2D eigenvalue weighted by Gasteiger charge is 2.39. The van der Waals surface area contributed by atoms with Gasteiger partial charge in [0.15, 0.2) is 5.13 Å². The number of aromatic nitrogens is 3. The summed E-state index contributed by atoms with van der Waals surface area (Å²) in [5.41, 5.74) is 0.655. The van der Waals surface area contributed by atoms with E-state index in [1.54, 1.807) is 18.3 Å². The van der Waals surface area contributed by atoms with Crippen LogP contribution in [0.5, 0.6) is 0 Å². The number of nitrogens with one attached hydrogen (secondary N) is 1. The molecule has 2 bridgehead atoms. The predicted octanol–water partition coefficient (Wildman–Crippen LogP) is -0.332. The van der Waals surface area contributed by atoms with E-state index in [4.69, 9.17) is 0 Å². The fraction of sp³-hybridized carbons (Fsp3) is 0.267. The van der Waals surface area contributed by atoms with Crippen molar-refractivity contribution < 1.29 is 24.6 Å². The summed E-state index contributed by atoms with van der Waals surface area (Å²) in [6.07, 6.45) is 5.15. The molecule has 0 aromatic carbocycles. The van der Waals surface area contributed by atoms with E-state index < -0.39 is 25.0 Å². The minimum atomic E-state index is -0.830. The fourth-order valence-corrected chi connectivity index (χ4v) is 4.03. The van der Waals surface area contributed by atoms with Crippen molar-refractivity contribution in [2.24, 2.45) is 0 Å². The number of anilines is 2. The highest BCUT2D eigenvalue weighted by molar-refractivity contribution is 7.18. The van der Waals surface area contributed by atoms with Crippen LogP contribution in [0.2, 0.25) is 6.82 Å². The number of fused-ring (bicyclic) bond motifs is 2. The van der Waals surface area contributed by atoms with E-state index in [1.807, 2.05) is 0 Å². The Bertz CT molecular complexity index is 1020. The normalized spacial score (nSPS) is 17.6. The monoisotopic (exact) mass is 428 g/mol. The van der Waals surface area contributed by atoms with Gasteiger partial charge in [-0.2, -0.15) is 10.2 Å². The summed E-state index contributed by atoms with van der Waals surface area (Å²) < 4.78 is 1.49. The molecule has 2 aromatic heterocycles. The second-order valence-corrected chi connectivity index (χ2v) is 7.69. The average molecular weight is 428 g/mol. The van der Waals surface area contributed by atoms with Crippen molar-refractivity contribution in [3.63, 3.8) is 0 Å². The van der Waals surface area contributed by atoms with Crippen molar-refractivity contribution in [2.75, 3.05) is 23.1 Å². The van der Waals surface area contributed by atoms with Gasteiger partial charge in [-0.15, -0.1) is 0 Å². The van der Waals surface area contributed by atoms with Gasteiger partial charge in [0.05, 0.1) is 24.5 Å². The number of hydrogen-bond donors (Lipinski definition) is 3. The third-order valence-electron chi connectivity index (χ3n) is 4.52. The van der Waals surface area contributed by atoms with Gasteiger partial charge in [0.2, 0.25) is 0 Å². The molecule has 1 atom stereocenters. The highest BCUT2D eigenvalue weighted by Crippen LogP contribution is 2.26. The molecule has 1 radical (unpaired) electrons. The summed E-state index contributed by atoms with van der Waals surface area (Å²) in [5, 5.41) is 27.3. The van der Waals surface area contributed by atoms with Crippen LogP contribution in [-0.4, -0.2) is 86.7 Å². The van der Waals surface area contributed by atoms with E-state index in [1.165, 1.54) is 22.6 Å². The largest absolute Gasteiger partial charge is 0.433 e. The van der Waals surface area contributed by atoms with E-state index in [9.17, 15) is 24.6 Å². The van der Waals surface area contributed by atoms with Crippen molar-refractivity contribution in [3.05, 3.63) is 29.4 Å². The Kier molecular flexibility index (Phi) is 5.32. The van der Waals surface area contributed by atoms with Crippen LogP contribution in [0.1, 0.15) is 9.67 Å². The molecule has 0 spiro atoms. The van der Waals surface area contributed by atoms with E-state index in [0.29, 0.717) is 28.6 Å². The second-order valence-electron chi connectivity index (χ2n) is 6.66. The van der Waals surface area contributed by atoms with Crippen LogP contribution in [0.25, 0.3) is 5.70 Å². The van der Waals surface area contributed by atoms with Crippen LogP contribution >= 0.6 is 11.3 Å². The SMILES string of the molecule is CB(O)Nc1ncc(C(=O)N([B]C=O)c2ccn(C3=CC4CN(C3)C(=O)N4O)n2)s1. The topological polar surface area (TPSA) is 144 Å². The number of carbonyl (C=O) groups excluding carboxylic acids is 3. The summed E-state index contributed by atoms with van der Waals surface area (Å²) >= 11 is 1.03. The molecule has 4 rings (SSSR count). The minimum Gasteiger partial charge on any atom is -0.433 e. The Morgan fingerprint density at radius 2 is 2.33 bits per heavy atom. The second kappa shape index (κ2) is 7.93. The first-order valence-corrected chi connectivity index (χ1v) is 9.75. The lowest BCUT2D eigenvalue weighted by atomic mass is 9.90. The summed E-state index contributed by atoms with van der Waals surface area (Å²) in [6.45, 7) is 2.17. The first-order chi connectivity index (χ1) is 14.4. The molecule has 1 saturated heterocycles. The van der Waals surface area contributed by atoms with Crippen molar-refractivity contribution >= 4 is 60.6 Å². The molecule has 12 nitrogen and oxygen atoms in total. The van der Waals surface area contributed by atoms with Gasteiger partial charge in [-0.05, 0) is 12.9 Å². The maximum atomic E-state index is 12.9. The minimum absolute atomic E-state index is 0.200. The van der Waals surface area contributed by atoms with Crippen molar-refractivity contribution in [3.8, 4) is 0 Å². The van der Waals surface area contributed by atoms with Gasteiger partial charge in [-0.3, -0.25) is 10.0 Å². The lowest BCUT2D eigenvalue weighted by Gasteiger charge is -2.21. The van der Waals surface area contributed by atoms with Crippen LogP contribution in [-0.2, 0) is 4.79 Å². The number of carbonyl (C=O) groups is 3. The lowest BCUT2D eigenvalue weighted by Crippen LogP contribution is -2.35. The van der Waals surface area contributed by atoms with Crippen molar-refractivity contribution in [1.82, 2.24) is 24.7 Å². The third kappa shape index (κ3) is 3.69. The zero-order valence-corrected chi connectivity index (χ0v) is 16.6. The molecule has 15 heteroatoms. The Hall–Kier alpha value is -3.16. The molecule has 2 aromatic rings. The number of amides is 3. The zero-order chi connectivity index (χ0) is 21.4. The van der Waals surface area contributed by atoms with Crippen molar-refractivity contribution in [1.29, 1.82) is 0 Å². The summed E-state index contributed by atoms with van der Waals surface area (Å²) in [6, 6.07) is 0.612. The van der Waals surface area contributed by atoms with Crippen LogP contribution in [0.4, 0.5) is 15.7 Å². The number of hydroxylamine groups is 2. The number of rotatable bonds is 7. The maximum absolute atomic E-state index is 12.9. The fourth-order valence-electron chi connectivity index (χ4n) is 3.19. The molecule has 3 amide bonds. The molecule has 0 aliphatic carbocycles. The van der Waals surface area contributed by atoms with Gasteiger partial charge in [0, 0.05) is 18.8 Å². The third-order valence-corrected chi connectivity index (χ3v) is 5.44. The van der Waals surface area contributed by atoms with E-state index in [0.717, 1.165) is 23.6 Å².